The molecule has 1 fully saturated rings. The lowest BCUT2D eigenvalue weighted by Gasteiger charge is -2.31. The Morgan fingerprint density at radius 1 is 1.42 bits per heavy atom. The summed E-state index contributed by atoms with van der Waals surface area (Å²) in [5.74, 6) is 0. The second-order valence-electron chi connectivity index (χ2n) is 3.22. The summed E-state index contributed by atoms with van der Waals surface area (Å²) in [6, 6.07) is 0. The molecule has 3 nitrogen and oxygen atoms in total. The van der Waals surface area contributed by atoms with Crippen LogP contribution in [-0.4, -0.2) is 49.0 Å². The van der Waals surface area contributed by atoms with Gasteiger partial charge in [0, 0.05) is 26.2 Å². The van der Waals surface area contributed by atoms with E-state index in [9.17, 15) is 0 Å². The standard InChI is InChI=1S/C9H19NO2/c1-2-12-9-3-5-10(6-4-9)7-8-11/h9,11H,2-8H2,1H3. The number of hydrogen-bond acceptors (Lipinski definition) is 3. The highest BCUT2D eigenvalue weighted by Crippen LogP contribution is 2.12. The summed E-state index contributed by atoms with van der Waals surface area (Å²) < 4.78 is 5.52. The zero-order valence-corrected chi connectivity index (χ0v) is 7.83. The quantitative estimate of drug-likeness (QED) is 0.671. The Labute approximate surface area is 74.3 Å². The first-order chi connectivity index (χ1) is 5.86. The molecule has 1 rings (SSSR count). The highest BCUT2D eigenvalue weighted by Gasteiger charge is 2.18. The Kier molecular flexibility index (Phi) is 4.58. The lowest BCUT2D eigenvalue weighted by atomic mass is 10.1. The Balaban J connectivity index is 2.11. The minimum absolute atomic E-state index is 0.277. The maximum atomic E-state index is 8.71. The van der Waals surface area contributed by atoms with Crippen molar-refractivity contribution < 1.29 is 9.84 Å². The lowest BCUT2D eigenvalue weighted by Crippen LogP contribution is -2.38. The molecular formula is C9H19NO2. The topological polar surface area (TPSA) is 32.7 Å². The van der Waals surface area contributed by atoms with Gasteiger partial charge >= 0.3 is 0 Å². The van der Waals surface area contributed by atoms with Crippen molar-refractivity contribution in [2.24, 2.45) is 0 Å². The van der Waals surface area contributed by atoms with Crippen LogP contribution in [0.3, 0.4) is 0 Å². The molecule has 72 valence electrons. The van der Waals surface area contributed by atoms with Gasteiger partial charge in [-0.15, -0.1) is 0 Å². The van der Waals surface area contributed by atoms with Crippen LogP contribution < -0.4 is 0 Å². The normalized spacial score (nSPS) is 21.5. The fraction of sp³-hybridized carbons (Fsp3) is 1.00. The van der Waals surface area contributed by atoms with Gasteiger partial charge in [-0.2, -0.15) is 0 Å². The van der Waals surface area contributed by atoms with Gasteiger partial charge in [0.2, 0.25) is 0 Å². The second-order valence-corrected chi connectivity index (χ2v) is 3.22. The number of piperidine rings is 1. The van der Waals surface area contributed by atoms with Crippen LogP contribution in [0.5, 0.6) is 0 Å². The molecule has 0 atom stereocenters. The summed E-state index contributed by atoms with van der Waals surface area (Å²) >= 11 is 0. The van der Waals surface area contributed by atoms with Crippen LogP contribution in [0.4, 0.5) is 0 Å². The zero-order valence-electron chi connectivity index (χ0n) is 7.83. The van der Waals surface area contributed by atoms with Crippen molar-refractivity contribution in [1.29, 1.82) is 0 Å². The third kappa shape index (κ3) is 3.09. The number of aliphatic hydroxyl groups excluding tert-OH is 1. The summed E-state index contributed by atoms with van der Waals surface area (Å²) in [5.41, 5.74) is 0. The van der Waals surface area contributed by atoms with Gasteiger partial charge in [-0.05, 0) is 19.8 Å². The fourth-order valence-electron chi connectivity index (χ4n) is 1.68. The molecule has 0 aromatic carbocycles. The second kappa shape index (κ2) is 5.51. The highest BCUT2D eigenvalue weighted by molar-refractivity contribution is 4.71. The number of nitrogens with zero attached hydrogens (tertiary/aromatic N) is 1. The average molecular weight is 173 g/mol. The Bertz CT molecular complexity index is 97.1. The van der Waals surface area contributed by atoms with Crippen molar-refractivity contribution in [3.05, 3.63) is 0 Å². The van der Waals surface area contributed by atoms with E-state index in [2.05, 4.69) is 4.90 Å². The average Bonchev–Trinajstić information content (AvgIpc) is 2.09. The third-order valence-corrected chi connectivity index (χ3v) is 2.35. The summed E-state index contributed by atoms with van der Waals surface area (Å²) in [5, 5.41) is 8.71. The largest absolute Gasteiger partial charge is 0.395 e. The maximum absolute atomic E-state index is 8.71. The number of hydrogen-bond donors (Lipinski definition) is 1. The summed E-state index contributed by atoms with van der Waals surface area (Å²) in [6.45, 7) is 6.11. The van der Waals surface area contributed by atoms with Crippen molar-refractivity contribution in [3.63, 3.8) is 0 Å². The monoisotopic (exact) mass is 173 g/mol. The number of likely N-dealkylation sites (tertiary alicyclic amines) is 1. The van der Waals surface area contributed by atoms with E-state index in [0.29, 0.717) is 6.10 Å². The molecule has 0 aromatic heterocycles. The maximum Gasteiger partial charge on any atom is 0.0599 e. The molecule has 0 spiro atoms. The first-order valence-corrected chi connectivity index (χ1v) is 4.81. The van der Waals surface area contributed by atoms with Crippen LogP contribution in [0.1, 0.15) is 19.8 Å². The molecule has 0 saturated carbocycles. The van der Waals surface area contributed by atoms with Gasteiger partial charge < -0.3 is 14.7 Å². The van der Waals surface area contributed by atoms with Crippen LogP contribution in [0.15, 0.2) is 0 Å². The SMILES string of the molecule is CCOC1CCN(CCO)CC1. The smallest absolute Gasteiger partial charge is 0.0599 e. The first kappa shape index (κ1) is 9.96. The van der Waals surface area contributed by atoms with E-state index in [1.807, 2.05) is 6.92 Å². The fourth-order valence-corrected chi connectivity index (χ4v) is 1.68. The van der Waals surface area contributed by atoms with E-state index in [1.165, 1.54) is 0 Å². The van der Waals surface area contributed by atoms with Crippen LogP contribution in [-0.2, 0) is 4.74 Å². The Morgan fingerprint density at radius 3 is 2.58 bits per heavy atom. The van der Waals surface area contributed by atoms with Gasteiger partial charge in [0.1, 0.15) is 0 Å². The Morgan fingerprint density at radius 2 is 2.08 bits per heavy atom. The molecule has 1 saturated heterocycles. The van der Waals surface area contributed by atoms with Gasteiger partial charge in [-0.3, -0.25) is 0 Å². The van der Waals surface area contributed by atoms with Gasteiger partial charge in [0.05, 0.1) is 12.7 Å². The number of rotatable bonds is 4. The molecule has 0 bridgehead atoms. The minimum Gasteiger partial charge on any atom is -0.395 e. The van der Waals surface area contributed by atoms with E-state index in [4.69, 9.17) is 9.84 Å². The molecule has 0 radical (unpaired) electrons. The molecule has 12 heavy (non-hydrogen) atoms. The molecule has 0 amide bonds. The number of ether oxygens (including phenoxy) is 1. The lowest BCUT2D eigenvalue weighted by molar-refractivity contribution is 0.0112. The van der Waals surface area contributed by atoms with Gasteiger partial charge in [0.25, 0.3) is 0 Å². The van der Waals surface area contributed by atoms with Gasteiger partial charge in [-0.25, -0.2) is 0 Å². The van der Waals surface area contributed by atoms with Crippen molar-refractivity contribution in [2.45, 2.75) is 25.9 Å². The Hall–Kier alpha value is -0.120. The molecule has 1 aliphatic rings. The van der Waals surface area contributed by atoms with Crippen LogP contribution in [0.25, 0.3) is 0 Å². The molecular weight excluding hydrogens is 154 g/mol. The highest BCUT2D eigenvalue weighted by atomic mass is 16.5. The van der Waals surface area contributed by atoms with Crippen molar-refractivity contribution in [1.82, 2.24) is 4.90 Å². The van der Waals surface area contributed by atoms with Crippen LogP contribution in [0, 0.1) is 0 Å². The molecule has 0 aromatic rings. The van der Waals surface area contributed by atoms with Gasteiger partial charge in [-0.1, -0.05) is 0 Å². The third-order valence-electron chi connectivity index (χ3n) is 2.35. The predicted molar refractivity (Wildman–Crippen MR) is 48.2 cm³/mol. The van der Waals surface area contributed by atoms with Crippen LogP contribution in [0.2, 0.25) is 0 Å². The minimum atomic E-state index is 0.277. The van der Waals surface area contributed by atoms with E-state index < -0.39 is 0 Å². The first-order valence-electron chi connectivity index (χ1n) is 4.81. The summed E-state index contributed by atoms with van der Waals surface area (Å²) in [7, 11) is 0. The molecule has 1 N–H and O–H groups in total. The van der Waals surface area contributed by atoms with Crippen molar-refractivity contribution >= 4 is 0 Å². The molecule has 1 heterocycles. The number of β-amino-alcohol motifs (C(OH)–C–C–N with tert-alkyl or cyclic N) is 1. The zero-order chi connectivity index (χ0) is 8.81. The predicted octanol–water partition coefficient (Wildman–Crippen LogP) is 0.480. The van der Waals surface area contributed by atoms with E-state index in [1.54, 1.807) is 0 Å². The van der Waals surface area contributed by atoms with E-state index >= 15 is 0 Å². The van der Waals surface area contributed by atoms with Crippen molar-refractivity contribution in [2.75, 3.05) is 32.8 Å². The molecule has 0 aliphatic carbocycles. The van der Waals surface area contributed by atoms with E-state index in [-0.39, 0.29) is 6.61 Å². The molecule has 0 unspecified atom stereocenters. The van der Waals surface area contributed by atoms with Gasteiger partial charge in [0.15, 0.2) is 0 Å². The van der Waals surface area contributed by atoms with E-state index in [0.717, 1.165) is 39.1 Å². The molecule has 1 aliphatic heterocycles. The number of aliphatic hydroxyl groups is 1. The summed E-state index contributed by atoms with van der Waals surface area (Å²) in [4.78, 5) is 2.29. The van der Waals surface area contributed by atoms with Crippen molar-refractivity contribution in [3.8, 4) is 0 Å². The van der Waals surface area contributed by atoms with Crippen LogP contribution >= 0.6 is 0 Å². The molecule has 3 heteroatoms. The summed E-state index contributed by atoms with van der Waals surface area (Å²) in [6.07, 6.45) is 2.70.